The summed E-state index contributed by atoms with van der Waals surface area (Å²) in [5, 5.41) is 5.07. The van der Waals surface area contributed by atoms with E-state index in [1.54, 1.807) is 11.9 Å². The van der Waals surface area contributed by atoms with Gasteiger partial charge in [-0.3, -0.25) is 23.7 Å². The summed E-state index contributed by atoms with van der Waals surface area (Å²) in [7, 11) is 1.72. The van der Waals surface area contributed by atoms with Crippen LogP contribution in [0.5, 0.6) is 0 Å². The van der Waals surface area contributed by atoms with Crippen LogP contribution in [0.3, 0.4) is 0 Å². The van der Waals surface area contributed by atoms with Gasteiger partial charge >= 0.3 is 0 Å². The molecule has 2 aromatic carbocycles. The topological polar surface area (TPSA) is 85.9 Å². The van der Waals surface area contributed by atoms with Crippen molar-refractivity contribution in [1.82, 2.24) is 24.3 Å². The molecule has 0 aliphatic rings. The molecule has 0 spiro atoms. The average molecular weight is 445 g/mol. The van der Waals surface area contributed by atoms with Crippen molar-refractivity contribution < 1.29 is 4.79 Å². The van der Waals surface area contributed by atoms with E-state index in [0.29, 0.717) is 22.7 Å². The number of aromatic nitrogens is 5. The van der Waals surface area contributed by atoms with Crippen LogP contribution in [-0.2, 0) is 24.9 Å². The summed E-state index contributed by atoms with van der Waals surface area (Å²) in [6, 6.07) is 15.7. The van der Waals surface area contributed by atoms with E-state index in [4.69, 9.17) is 4.98 Å². The molecule has 1 amide bonds. The first-order valence-electron chi connectivity index (χ1n) is 10.1. The van der Waals surface area contributed by atoms with E-state index in [2.05, 4.69) is 10.1 Å². The van der Waals surface area contributed by atoms with Crippen LogP contribution < -0.4 is 10.5 Å². The third kappa shape index (κ3) is 3.56. The van der Waals surface area contributed by atoms with E-state index in [1.165, 1.54) is 33.1 Å². The highest BCUT2D eigenvalue weighted by atomic mass is 32.1. The van der Waals surface area contributed by atoms with Crippen LogP contribution in [0.1, 0.15) is 11.1 Å². The second-order valence-electron chi connectivity index (χ2n) is 7.57. The molecule has 9 heteroatoms. The molecule has 0 aliphatic carbocycles. The quantitative estimate of drug-likeness (QED) is 0.415. The molecule has 0 bridgehead atoms. The maximum absolute atomic E-state index is 13.5. The van der Waals surface area contributed by atoms with E-state index >= 15 is 0 Å². The third-order valence-corrected chi connectivity index (χ3v) is 6.39. The molecule has 32 heavy (non-hydrogen) atoms. The molecule has 0 unspecified atom stereocenters. The largest absolute Gasteiger partial charge is 0.289 e. The van der Waals surface area contributed by atoms with Crippen LogP contribution in [0.15, 0.2) is 65.8 Å². The number of benzene rings is 2. The SMILES string of the molecule is Cc1cccc2sc(N(Cc3ccccc3)C(=O)Cn3cnc4c(cnn4C)c3=O)nc12. The van der Waals surface area contributed by atoms with Crippen LogP contribution >= 0.6 is 11.3 Å². The number of rotatable bonds is 5. The maximum Gasteiger partial charge on any atom is 0.264 e. The van der Waals surface area contributed by atoms with Crippen molar-refractivity contribution >= 4 is 43.6 Å². The summed E-state index contributed by atoms with van der Waals surface area (Å²) in [6.07, 6.45) is 2.87. The molecular weight excluding hydrogens is 424 g/mol. The van der Waals surface area contributed by atoms with Crippen LogP contribution in [0.25, 0.3) is 21.3 Å². The van der Waals surface area contributed by atoms with Crippen molar-refractivity contribution in [2.45, 2.75) is 20.0 Å². The number of thiazole rings is 1. The van der Waals surface area contributed by atoms with Crippen molar-refractivity contribution in [3.05, 3.63) is 82.5 Å². The lowest BCUT2D eigenvalue weighted by molar-refractivity contribution is -0.119. The minimum Gasteiger partial charge on any atom is -0.289 e. The Hall–Kier alpha value is -3.85. The van der Waals surface area contributed by atoms with Crippen molar-refractivity contribution in [3.8, 4) is 0 Å². The van der Waals surface area contributed by atoms with Gasteiger partial charge in [-0.05, 0) is 24.1 Å². The fourth-order valence-electron chi connectivity index (χ4n) is 3.63. The van der Waals surface area contributed by atoms with Crippen molar-refractivity contribution in [1.29, 1.82) is 0 Å². The number of para-hydroxylation sites is 1. The van der Waals surface area contributed by atoms with Crippen molar-refractivity contribution in [2.75, 3.05) is 4.90 Å². The number of aryl methyl sites for hydroxylation is 2. The van der Waals surface area contributed by atoms with Gasteiger partial charge in [-0.1, -0.05) is 53.8 Å². The minimum atomic E-state index is -0.295. The monoisotopic (exact) mass is 444 g/mol. The summed E-state index contributed by atoms with van der Waals surface area (Å²) < 4.78 is 3.87. The zero-order valence-electron chi connectivity index (χ0n) is 17.6. The molecule has 5 rings (SSSR count). The maximum atomic E-state index is 13.5. The Labute approximate surface area is 187 Å². The minimum absolute atomic E-state index is 0.140. The Kier molecular flexibility index (Phi) is 5.02. The standard InChI is InChI=1S/C23H20N6O2S/c1-15-7-6-10-18-20(15)26-23(32-18)29(12-16-8-4-3-5-9-16)19(30)13-28-14-24-21-17(22(28)31)11-25-27(21)2/h3-11,14H,12-13H2,1-2H3. The molecule has 0 radical (unpaired) electrons. The highest BCUT2D eigenvalue weighted by molar-refractivity contribution is 7.22. The lowest BCUT2D eigenvalue weighted by Crippen LogP contribution is -2.36. The molecule has 0 atom stereocenters. The zero-order chi connectivity index (χ0) is 22.2. The Bertz CT molecular complexity index is 1500. The van der Waals surface area contributed by atoms with Gasteiger partial charge in [-0.15, -0.1) is 0 Å². The molecule has 0 N–H and O–H groups in total. The van der Waals surface area contributed by atoms with Crippen molar-refractivity contribution in [2.24, 2.45) is 7.05 Å². The Morgan fingerprint density at radius 2 is 1.94 bits per heavy atom. The third-order valence-electron chi connectivity index (χ3n) is 5.35. The Balaban J connectivity index is 1.53. The number of hydrogen-bond acceptors (Lipinski definition) is 6. The van der Waals surface area contributed by atoms with Gasteiger partial charge in [0.05, 0.1) is 23.0 Å². The summed E-state index contributed by atoms with van der Waals surface area (Å²) in [5.74, 6) is -0.238. The first-order chi connectivity index (χ1) is 15.5. The van der Waals surface area contributed by atoms with Gasteiger partial charge in [0, 0.05) is 7.05 Å². The fourth-order valence-corrected chi connectivity index (χ4v) is 4.69. The lowest BCUT2D eigenvalue weighted by Gasteiger charge is -2.20. The molecular formula is C23H20N6O2S. The number of fused-ring (bicyclic) bond motifs is 2. The van der Waals surface area contributed by atoms with Crippen molar-refractivity contribution in [3.63, 3.8) is 0 Å². The predicted molar refractivity (Wildman–Crippen MR) is 125 cm³/mol. The summed E-state index contributed by atoms with van der Waals surface area (Å²) in [6.45, 7) is 2.22. The first kappa shape index (κ1) is 20.1. The van der Waals surface area contributed by atoms with Gasteiger partial charge in [0.1, 0.15) is 18.3 Å². The first-order valence-corrected chi connectivity index (χ1v) is 10.9. The Morgan fingerprint density at radius 1 is 1.12 bits per heavy atom. The molecule has 3 heterocycles. The predicted octanol–water partition coefficient (Wildman–Crippen LogP) is 3.28. The van der Waals surface area contributed by atoms with E-state index in [1.807, 2.05) is 55.5 Å². The number of carbonyl (C=O) groups excluding carboxylic acids is 1. The van der Waals surface area contributed by atoms with Gasteiger partial charge in [0.25, 0.3) is 5.56 Å². The second kappa shape index (κ2) is 8.01. The number of nitrogens with zero attached hydrogens (tertiary/aromatic N) is 6. The van der Waals surface area contributed by atoms with Gasteiger partial charge < -0.3 is 0 Å². The van der Waals surface area contributed by atoms with Crippen LogP contribution in [0.4, 0.5) is 5.13 Å². The van der Waals surface area contributed by atoms with E-state index in [-0.39, 0.29) is 18.0 Å². The van der Waals surface area contributed by atoms with Crippen LogP contribution in [0, 0.1) is 6.92 Å². The number of carbonyl (C=O) groups is 1. The molecule has 0 fully saturated rings. The number of hydrogen-bond donors (Lipinski definition) is 0. The van der Waals surface area contributed by atoms with E-state index < -0.39 is 0 Å². The van der Waals surface area contributed by atoms with Crippen LogP contribution in [0.2, 0.25) is 0 Å². The molecule has 3 aromatic heterocycles. The molecule has 5 aromatic rings. The number of amides is 1. The molecule has 160 valence electrons. The van der Waals surface area contributed by atoms with Gasteiger partial charge in [-0.25, -0.2) is 9.97 Å². The highest BCUT2D eigenvalue weighted by Gasteiger charge is 2.22. The van der Waals surface area contributed by atoms with Gasteiger partial charge in [0.2, 0.25) is 5.91 Å². The molecule has 8 nitrogen and oxygen atoms in total. The highest BCUT2D eigenvalue weighted by Crippen LogP contribution is 2.31. The number of anilines is 1. The van der Waals surface area contributed by atoms with Gasteiger partial charge in [0.15, 0.2) is 10.8 Å². The summed E-state index contributed by atoms with van der Waals surface area (Å²) in [5.41, 5.74) is 3.11. The van der Waals surface area contributed by atoms with Gasteiger partial charge in [-0.2, -0.15) is 5.10 Å². The van der Waals surface area contributed by atoms with E-state index in [0.717, 1.165) is 21.3 Å². The second-order valence-corrected chi connectivity index (χ2v) is 8.58. The summed E-state index contributed by atoms with van der Waals surface area (Å²) in [4.78, 5) is 37.0. The average Bonchev–Trinajstić information content (AvgIpc) is 3.39. The summed E-state index contributed by atoms with van der Waals surface area (Å²) >= 11 is 1.47. The Morgan fingerprint density at radius 3 is 2.72 bits per heavy atom. The smallest absolute Gasteiger partial charge is 0.264 e. The van der Waals surface area contributed by atoms with E-state index in [9.17, 15) is 9.59 Å². The normalized spacial score (nSPS) is 11.3. The molecule has 0 aliphatic heterocycles. The fraction of sp³-hybridized carbons (Fsp3) is 0.174. The molecule has 0 saturated heterocycles. The van der Waals surface area contributed by atoms with Crippen LogP contribution in [-0.4, -0.2) is 30.2 Å². The molecule has 0 saturated carbocycles. The zero-order valence-corrected chi connectivity index (χ0v) is 18.4. The lowest BCUT2D eigenvalue weighted by atomic mass is 10.2.